The summed E-state index contributed by atoms with van der Waals surface area (Å²) in [5.74, 6) is 1.06. The molecule has 0 saturated heterocycles. The van der Waals surface area contributed by atoms with Gasteiger partial charge in [-0.2, -0.15) is 0 Å². The number of fused-ring (bicyclic) bond motifs is 1. The van der Waals surface area contributed by atoms with Crippen LogP contribution in [-0.4, -0.2) is 56.9 Å². The SMILES string of the molecule is CN(C)CCCOc1ccc(-c2nnc3[nH]c(=O)n(C)c(=O)c3n2)cc1. The van der Waals surface area contributed by atoms with E-state index in [4.69, 9.17) is 4.74 Å². The van der Waals surface area contributed by atoms with Gasteiger partial charge in [-0.05, 0) is 44.8 Å². The standard InChI is InChI=1S/C17H20N6O3/c1-22(2)9-4-10-26-12-7-5-11(6-8-12)14-18-13-15(21-20-14)19-17(25)23(3)16(13)24/h5-8H,4,9-10H2,1-3H3,(H,19,21,25). The van der Waals surface area contributed by atoms with Crippen molar-refractivity contribution in [1.82, 2.24) is 29.6 Å². The summed E-state index contributed by atoms with van der Waals surface area (Å²) in [7, 11) is 5.43. The average Bonchev–Trinajstić information content (AvgIpc) is 2.64. The molecule has 0 aliphatic heterocycles. The number of benzene rings is 1. The highest BCUT2D eigenvalue weighted by molar-refractivity contribution is 5.70. The molecule has 0 aliphatic carbocycles. The van der Waals surface area contributed by atoms with Crippen LogP contribution in [0.4, 0.5) is 0 Å². The molecule has 0 aliphatic rings. The van der Waals surface area contributed by atoms with E-state index in [0.717, 1.165) is 23.3 Å². The predicted octanol–water partition coefficient (Wildman–Crippen LogP) is 0.409. The second kappa shape index (κ2) is 7.44. The summed E-state index contributed by atoms with van der Waals surface area (Å²) in [6, 6.07) is 7.26. The molecule has 0 saturated carbocycles. The third-order valence-corrected chi connectivity index (χ3v) is 3.85. The van der Waals surface area contributed by atoms with Crippen LogP contribution >= 0.6 is 0 Å². The number of hydrogen-bond acceptors (Lipinski definition) is 7. The van der Waals surface area contributed by atoms with Gasteiger partial charge in [-0.1, -0.05) is 0 Å². The van der Waals surface area contributed by atoms with Crippen molar-refractivity contribution in [3.63, 3.8) is 0 Å². The summed E-state index contributed by atoms with van der Waals surface area (Å²) in [5.41, 5.74) is -0.222. The molecule has 1 aromatic carbocycles. The number of nitrogens with zero attached hydrogens (tertiary/aromatic N) is 5. The van der Waals surface area contributed by atoms with E-state index in [-0.39, 0.29) is 11.2 Å². The first kappa shape index (κ1) is 17.7. The van der Waals surface area contributed by atoms with Crippen LogP contribution in [0.3, 0.4) is 0 Å². The number of aromatic nitrogens is 5. The second-order valence-electron chi connectivity index (χ2n) is 6.16. The molecular formula is C17H20N6O3. The van der Waals surface area contributed by atoms with Crippen LogP contribution in [-0.2, 0) is 7.05 Å². The van der Waals surface area contributed by atoms with E-state index in [1.54, 1.807) is 12.1 Å². The lowest BCUT2D eigenvalue weighted by atomic mass is 10.2. The van der Waals surface area contributed by atoms with Gasteiger partial charge in [0.2, 0.25) is 0 Å². The summed E-state index contributed by atoms with van der Waals surface area (Å²) >= 11 is 0. The monoisotopic (exact) mass is 356 g/mol. The van der Waals surface area contributed by atoms with Crippen molar-refractivity contribution in [2.45, 2.75) is 6.42 Å². The van der Waals surface area contributed by atoms with Crippen LogP contribution in [0.25, 0.3) is 22.6 Å². The maximum atomic E-state index is 12.2. The molecular weight excluding hydrogens is 336 g/mol. The first-order chi connectivity index (χ1) is 12.5. The molecule has 9 heteroatoms. The highest BCUT2D eigenvalue weighted by Crippen LogP contribution is 2.19. The Bertz CT molecular complexity index is 1020. The lowest BCUT2D eigenvalue weighted by Gasteiger charge is -2.10. The van der Waals surface area contributed by atoms with E-state index in [1.807, 2.05) is 26.2 Å². The topological polar surface area (TPSA) is 106 Å². The summed E-state index contributed by atoms with van der Waals surface area (Å²) in [4.78, 5) is 32.6. The molecule has 26 heavy (non-hydrogen) atoms. The molecule has 0 amide bonds. The number of hydrogen-bond donors (Lipinski definition) is 1. The van der Waals surface area contributed by atoms with E-state index in [2.05, 4.69) is 25.1 Å². The van der Waals surface area contributed by atoms with Crippen molar-refractivity contribution in [3.05, 3.63) is 45.1 Å². The van der Waals surface area contributed by atoms with E-state index >= 15 is 0 Å². The number of H-pyrrole nitrogens is 1. The largest absolute Gasteiger partial charge is 0.494 e. The first-order valence-corrected chi connectivity index (χ1v) is 8.17. The van der Waals surface area contributed by atoms with Crippen molar-refractivity contribution in [2.75, 3.05) is 27.2 Å². The van der Waals surface area contributed by atoms with Gasteiger partial charge in [0.05, 0.1) is 6.61 Å². The Morgan fingerprint density at radius 1 is 1.15 bits per heavy atom. The number of ether oxygens (including phenoxy) is 1. The van der Waals surface area contributed by atoms with E-state index in [9.17, 15) is 9.59 Å². The molecule has 1 N–H and O–H groups in total. The fraction of sp³-hybridized carbons (Fsp3) is 0.353. The Morgan fingerprint density at radius 3 is 2.58 bits per heavy atom. The van der Waals surface area contributed by atoms with Crippen molar-refractivity contribution in [2.24, 2.45) is 7.05 Å². The Hall–Kier alpha value is -3.07. The van der Waals surface area contributed by atoms with Crippen molar-refractivity contribution in [3.8, 4) is 17.1 Å². The van der Waals surface area contributed by atoms with Gasteiger partial charge < -0.3 is 9.64 Å². The smallest absolute Gasteiger partial charge is 0.329 e. The van der Waals surface area contributed by atoms with Gasteiger partial charge in [-0.25, -0.2) is 9.78 Å². The Labute approximate surface area is 149 Å². The van der Waals surface area contributed by atoms with Crippen LogP contribution in [0.5, 0.6) is 5.75 Å². The third-order valence-electron chi connectivity index (χ3n) is 3.85. The van der Waals surface area contributed by atoms with Crippen LogP contribution in [0, 0.1) is 0 Å². The zero-order valence-corrected chi connectivity index (χ0v) is 14.9. The van der Waals surface area contributed by atoms with Crippen LogP contribution in [0.15, 0.2) is 33.9 Å². The summed E-state index contributed by atoms with van der Waals surface area (Å²) < 4.78 is 6.64. The zero-order chi connectivity index (χ0) is 18.7. The Kier molecular flexibility index (Phi) is 5.08. The average molecular weight is 356 g/mol. The summed E-state index contributed by atoms with van der Waals surface area (Å²) in [5, 5.41) is 7.89. The molecule has 0 fully saturated rings. The van der Waals surface area contributed by atoms with Crippen LogP contribution in [0.1, 0.15) is 6.42 Å². The quantitative estimate of drug-likeness (QED) is 0.638. The van der Waals surface area contributed by atoms with Crippen molar-refractivity contribution < 1.29 is 4.74 Å². The van der Waals surface area contributed by atoms with Gasteiger partial charge in [0.25, 0.3) is 5.56 Å². The molecule has 3 rings (SSSR count). The normalized spacial score (nSPS) is 11.2. The summed E-state index contributed by atoms with van der Waals surface area (Å²) in [6.45, 7) is 1.60. The molecule has 9 nitrogen and oxygen atoms in total. The van der Waals surface area contributed by atoms with Gasteiger partial charge in [0, 0.05) is 19.2 Å². The van der Waals surface area contributed by atoms with Gasteiger partial charge in [0.15, 0.2) is 17.0 Å². The van der Waals surface area contributed by atoms with E-state index in [0.29, 0.717) is 18.0 Å². The third kappa shape index (κ3) is 3.77. The molecule has 0 radical (unpaired) electrons. The van der Waals surface area contributed by atoms with Gasteiger partial charge in [-0.3, -0.25) is 14.3 Å². The van der Waals surface area contributed by atoms with Crippen molar-refractivity contribution >= 4 is 11.2 Å². The highest BCUT2D eigenvalue weighted by atomic mass is 16.5. The molecule has 136 valence electrons. The second-order valence-corrected chi connectivity index (χ2v) is 6.16. The molecule has 0 bridgehead atoms. The van der Waals surface area contributed by atoms with E-state index < -0.39 is 11.2 Å². The Balaban J connectivity index is 1.81. The van der Waals surface area contributed by atoms with Crippen LogP contribution < -0.4 is 16.0 Å². The minimum atomic E-state index is -0.554. The molecule has 0 spiro atoms. The molecule has 2 aromatic heterocycles. The number of rotatable bonds is 6. The lowest BCUT2D eigenvalue weighted by molar-refractivity contribution is 0.281. The minimum Gasteiger partial charge on any atom is -0.494 e. The fourth-order valence-electron chi connectivity index (χ4n) is 2.39. The molecule has 2 heterocycles. The van der Waals surface area contributed by atoms with Gasteiger partial charge in [0.1, 0.15) is 5.75 Å². The maximum Gasteiger partial charge on any atom is 0.329 e. The fourth-order valence-corrected chi connectivity index (χ4v) is 2.39. The lowest BCUT2D eigenvalue weighted by Crippen LogP contribution is -2.33. The molecule has 0 unspecified atom stereocenters. The zero-order valence-electron chi connectivity index (χ0n) is 14.9. The number of aromatic amines is 1. The van der Waals surface area contributed by atoms with Gasteiger partial charge >= 0.3 is 5.69 Å². The van der Waals surface area contributed by atoms with Crippen LogP contribution in [0.2, 0.25) is 0 Å². The predicted molar refractivity (Wildman–Crippen MR) is 97.3 cm³/mol. The maximum absolute atomic E-state index is 12.2. The number of nitrogens with one attached hydrogen (secondary N) is 1. The van der Waals surface area contributed by atoms with Gasteiger partial charge in [-0.15, -0.1) is 10.2 Å². The first-order valence-electron chi connectivity index (χ1n) is 8.17. The summed E-state index contributed by atoms with van der Waals surface area (Å²) in [6.07, 6.45) is 0.938. The molecule has 3 aromatic rings. The minimum absolute atomic E-state index is 0.0705. The van der Waals surface area contributed by atoms with E-state index in [1.165, 1.54) is 7.05 Å². The Morgan fingerprint density at radius 2 is 1.88 bits per heavy atom. The highest BCUT2D eigenvalue weighted by Gasteiger charge is 2.11. The van der Waals surface area contributed by atoms with Crippen molar-refractivity contribution in [1.29, 1.82) is 0 Å². The molecule has 0 atom stereocenters.